The maximum absolute atomic E-state index is 11.3. The van der Waals surface area contributed by atoms with Crippen LogP contribution in [0, 0.1) is 0 Å². The van der Waals surface area contributed by atoms with E-state index in [0.29, 0.717) is 28.3 Å². The van der Waals surface area contributed by atoms with E-state index < -0.39 is 11.9 Å². The van der Waals surface area contributed by atoms with Gasteiger partial charge in [0.1, 0.15) is 17.1 Å². The van der Waals surface area contributed by atoms with Crippen LogP contribution in [0.2, 0.25) is 0 Å². The first-order valence-electron chi connectivity index (χ1n) is 9.13. The molecule has 0 spiro atoms. The minimum absolute atomic E-state index is 0.116. The Bertz CT molecular complexity index is 1230. The number of aromatic hydroxyl groups is 1. The standard InChI is InChI=1S/C23H15N3O5/c27-15-9-7-13(8-10-15)14-11-20(16-3-1-5-18(24-16)22(28)29)26-21(12-14)17-4-2-6-19(25-17)23(30)31/h1-12,27H,(H,28,29)(H,30,31). The van der Waals surface area contributed by atoms with Gasteiger partial charge in [0.25, 0.3) is 0 Å². The average molecular weight is 413 g/mol. The van der Waals surface area contributed by atoms with E-state index in [1.165, 1.54) is 12.1 Å². The maximum atomic E-state index is 11.3. The number of phenolic OH excluding ortho intramolecular Hbond substituents is 1. The Hall–Kier alpha value is -4.59. The first kappa shape index (κ1) is 19.7. The summed E-state index contributed by atoms with van der Waals surface area (Å²) in [6.07, 6.45) is 0. The topological polar surface area (TPSA) is 134 Å². The van der Waals surface area contributed by atoms with E-state index >= 15 is 0 Å². The van der Waals surface area contributed by atoms with Crippen LogP contribution in [-0.4, -0.2) is 42.2 Å². The van der Waals surface area contributed by atoms with Crippen LogP contribution in [0.15, 0.2) is 72.8 Å². The van der Waals surface area contributed by atoms with Gasteiger partial charge in [0.05, 0.1) is 22.8 Å². The van der Waals surface area contributed by atoms with E-state index in [1.54, 1.807) is 60.7 Å². The van der Waals surface area contributed by atoms with E-state index in [1.807, 2.05) is 0 Å². The molecule has 0 fully saturated rings. The third-order valence-corrected chi connectivity index (χ3v) is 4.49. The predicted octanol–water partition coefficient (Wildman–Crippen LogP) is 3.97. The van der Waals surface area contributed by atoms with Crippen LogP contribution in [0.5, 0.6) is 5.75 Å². The van der Waals surface area contributed by atoms with Crippen molar-refractivity contribution in [2.24, 2.45) is 0 Å². The normalized spacial score (nSPS) is 10.6. The molecule has 0 saturated heterocycles. The summed E-state index contributed by atoms with van der Waals surface area (Å²) >= 11 is 0. The van der Waals surface area contributed by atoms with Crippen LogP contribution < -0.4 is 0 Å². The Kier molecular flexibility index (Phi) is 5.11. The highest BCUT2D eigenvalue weighted by Gasteiger charge is 2.14. The first-order chi connectivity index (χ1) is 14.9. The number of carboxylic acid groups (broad SMARTS) is 2. The number of phenols is 1. The molecule has 3 aromatic heterocycles. The van der Waals surface area contributed by atoms with Gasteiger partial charge in [-0.2, -0.15) is 0 Å². The molecule has 0 aliphatic carbocycles. The van der Waals surface area contributed by atoms with Crippen LogP contribution >= 0.6 is 0 Å². The number of carbonyl (C=O) groups is 2. The Balaban J connectivity index is 1.92. The number of aromatic nitrogens is 3. The summed E-state index contributed by atoms with van der Waals surface area (Å²) in [6, 6.07) is 19.2. The van der Waals surface area contributed by atoms with Gasteiger partial charge in [-0.15, -0.1) is 0 Å². The largest absolute Gasteiger partial charge is 0.508 e. The molecule has 0 amide bonds. The molecule has 0 aliphatic heterocycles. The molecule has 8 heteroatoms. The van der Waals surface area contributed by atoms with Gasteiger partial charge in [0, 0.05) is 0 Å². The minimum Gasteiger partial charge on any atom is -0.508 e. The lowest BCUT2D eigenvalue weighted by atomic mass is 10.0. The molecule has 8 nitrogen and oxygen atoms in total. The molecule has 0 aliphatic rings. The van der Waals surface area contributed by atoms with Gasteiger partial charge in [-0.05, 0) is 59.7 Å². The molecular weight excluding hydrogens is 398 g/mol. The summed E-state index contributed by atoms with van der Waals surface area (Å²) in [5.74, 6) is -2.20. The van der Waals surface area contributed by atoms with Gasteiger partial charge in [-0.1, -0.05) is 24.3 Å². The Morgan fingerprint density at radius 3 is 1.52 bits per heavy atom. The van der Waals surface area contributed by atoms with Crippen molar-refractivity contribution >= 4 is 11.9 Å². The van der Waals surface area contributed by atoms with Gasteiger partial charge < -0.3 is 15.3 Å². The van der Waals surface area contributed by atoms with Crippen molar-refractivity contribution in [2.75, 3.05) is 0 Å². The third kappa shape index (κ3) is 4.23. The van der Waals surface area contributed by atoms with Crippen LogP contribution in [0.25, 0.3) is 33.9 Å². The molecule has 0 unspecified atom stereocenters. The number of pyridine rings is 3. The van der Waals surface area contributed by atoms with Crippen molar-refractivity contribution in [1.29, 1.82) is 0 Å². The molecule has 1 aromatic carbocycles. The molecular formula is C23H15N3O5. The van der Waals surface area contributed by atoms with Gasteiger partial charge in [0.15, 0.2) is 0 Å². The van der Waals surface area contributed by atoms with Crippen molar-refractivity contribution in [3.63, 3.8) is 0 Å². The molecule has 0 radical (unpaired) electrons. The van der Waals surface area contributed by atoms with Crippen LogP contribution in [0.3, 0.4) is 0 Å². The third-order valence-electron chi connectivity index (χ3n) is 4.49. The molecule has 3 heterocycles. The Morgan fingerprint density at radius 2 is 1.06 bits per heavy atom. The van der Waals surface area contributed by atoms with Crippen molar-refractivity contribution in [3.8, 4) is 39.7 Å². The molecule has 31 heavy (non-hydrogen) atoms. The molecule has 0 bridgehead atoms. The van der Waals surface area contributed by atoms with Crippen LogP contribution in [-0.2, 0) is 0 Å². The summed E-state index contributed by atoms with van der Waals surface area (Å²) in [6.45, 7) is 0. The summed E-state index contributed by atoms with van der Waals surface area (Å²) in [5.41, 5.74) is 2.71. The first-order valence-corrected chi connectivity index (χ1v) is 9.13. The fraction of sp³-hybridized carbons (Fsp3) is 0. The number of rotatable bonds is 5. The van der Waals surface area contributed by atoms with E-state index in [9.17, 15) is 24.9 Å². The highest BCUT2D eigenvalue weighted by molar-refractivity contribution is 5.87. The molecule has 3 N–H and O–H groups in total. The summed E-state index contributed by atoms with van der Waals surface area (Å²) in [5, 5.41) is 28.1. The highest BCUT2D eigenvalue weighted by atomic mass is 16.4. The zero-order valence-electron chi connectivity index (χ0n) is 15.9. The second-order valence-corrected chi connectivity index (χ2v) is 6.60. The van der Waals surface area contributed by atoms with Gasteiger partial charge in [0.2, 0.25) is 0 Å². The lowest BCUT2D eigenvalue weighted by molar-refractivity contribution is 0.0680. The van der Waals surface area contributed by atoms with E-state index in [0.717, 1.165) is 5.56 Å². The average Bonchev–Trinajstić information content (AvgIpc) is 2.79. The lowest BCUT2D eigenvalue weighted by Gasteiger charge is -2.10. The summed E-state index contributed by atoms with van der Waals surface area (Å²) in [7, 11) is 0. The van der Waals surface area contributed by atoms with E-state index in [2.05, 4.69) is 15.0 Å². The van der Waals surface area contributed by atoms with Crippen molar-refractivity contribution in [3.05, 3.63) is 84.2 Å². The fourth-order valence-electron chi connectivity index (χ4n) is 3.01. The SMILES string of the molecule is O=C(O)c1cccc(-c2cc(-c3ccc(O)cc3)cc(-c3cccc(C(=O)O)n3)n2)n1. The van der Waals surface area contributed by atoms with Gasteiger partial charge in [-0.3, -0.25) is 0 Å². The molecule has 4 aromatic rings. The Morgan fingerprint density at radius 1 is 0.581 bits per heavy atom. The lowest BCUT2D eigenvalue weighted by Crippen LogP contribution is -2.03. The van der Waals surface area contributed by atoms with E-state index in [-0.39, 0.29) is 17.1 Å². The number of nitrogens with zero attached hydrogens (tertiary/aromatic N) is 3. The van der Waals surface area contributed by atoms with E-state index in [4.69, 9.17) is 0 Å². The van der Waals surface area contributed by atoms with Gasteiger partial charge in [-0.25, -0.2) is 24.5 Å². The monoisotopic (exact) mass is 413 g/mol. The Labute approximate surface area is 176 Å². The number of hydrogen-bond acceptors (Lipinski definition) is 6. The summed E-state index contributed by atoms with van der Waals surface area (Å²) in [4.78, 5) is 35.5. The number of carboxylic acids is 2. The van der Waals surface area contributed by atoms with Crippen molar-refractivity contribution in [2.45, 2.75) is 0 Å². The predicted molar refractivity (Wildman–Crippen MR) is 112 cm³/mol. The van der Waals surface area contributed by atoms with Crippen molar-refractivity contribution < 1.29 is 24.9 Å². The number of benzene rings is 1. The number of aromatic carboxylic acids is 2. The zero-order chi connectivity index (χ0) is 22.0. The second-order valence-electron chi connectivity index (χ2n) is 6.60. The molecule has 0 saturated carbocycles. The van der Waals surface area contributed by atoms with Crippen LogP contribution in [0.1, 0.15) is 21.0 Å². The molecule has 152 valence electrons. The summed E-state index contributed by atoms with van der Waals surface area (Å²) < 4.78 is 0. The minimum atomic E-state index is -1.16. The maximum Gasteiger partial charge on any atom is 0.354 e. The molecule has 4 rings (SSSR count). The number of hydrogen-bond donors (Lipinski definition) is 3. The zero-order valence-corrected chi connectivity index (χ0v) is 15.9. The second kappa shape index (κ2) is 8.03. The van der Waals surface area contributed by atoms with Gasteiger partial charge >= 0.3 is 11.9 Å². The quantitative estimate of drug-likeness (QED) is 0.447. The fourth-order valence-corrected chi connectivity index (χ4v) is 3.01. The van der Waals surface area contributed by atoms with Crippen LogP contribution in [0.4, 0.5) is 0 Å². The smallest absolute Gasteiger partial charge is 0.354 e. The highest BCUT2D eigenvalue weighted by Crippen LogP contribution is 2.30. The van der Waals surface area contributed by atoms with Crippen molar-refractivity contribution in [1.82, 2.24) is 15.0 Å². The molecule has 0 atom stereocenters.